The molecule has 0 amide bonds. The smallest absolute Gasteiger partial charge is 0.160 e. The van der Waals surface area contributed by atoms with Gasteiger partial charge in [0.15, 0.2) is 11.6 Å². The first kappa shape index (κ1) is 16.3. The second kappa shape index (κ2) is 5.66. The maximum absolute atomic E-state index is 13.6. The quantitative estimate of drug-likeness (QED) is 0.733. The summed E-state index contributed by atoms with van der Waals surface area (Å²) < 4.78 is 28.5. The number of aromatic nitrogens is 2. The number of nitrogens with zero attached hydrogens (tertiary/aromatic N) is 3. The van der Waals surface area contributed by atoms with Gasteiger partial charge in [0.05, 0.1) is 23.2 Å². The predicted octanol–water partition coefficient (Wildman–Crippen LogP) is 3.93. The number of amidine groups is 1. The van der Waals surface area contributed by atoms with Crippen molar-refractivity contribution in [1.82, 2.24) is 9.55 Å². The lowest BCUT2D eigenvalue weighted by atomic mass is 10.2. The summed E-state index contributed by atoms with van der Waals surface area (Å²) in [5, 5.41) is 18.9. The minimum Gasteiger partial charge on any atom is -0.509 e. The van der Waals surface area contributed by atoms with Gasteiger partial charge in [-0.3, -0.25) is 5.41 Å². The number of anilines is 1. The molecule has 0 saturated heterocycles. The fourth-order valence-corrected chi connectivity index (χ4v) is 3.22. The van der Waals surface area contributed by atoms with Gasteiger partial charge in [-0.2, -0.15) is 0 Å². The first-order valence-electron chi connectivity index (χ1n) is 8.04. The van der Waals surface area contributed by atoms with Gasteiger partial charge in [-0.05, 0) is 36.8 Å². The van der Waals surface area contributed by atoms with Gasteiger partial charge in [0, 0.05) is 18.8 Å². The average molecular weight is 354 g/mol. The molecule has 1 aromatic heterocycles. The molecule has 132 valence electrons. The topological polar surface area (TPSA) is 65.1 Å². The fraction of sp³-hybridized carbons (Fsp3) is 0.158. The Morgan fingerprint density at radius 3 is 2.62 bits per heavy atom. The summed E-state index contributed by atoms with van der Waals surface area (Å²) in [5.41, 5.74) is 3.29. The number of hydrogen-bond donors (Lipinski definition) is 2. The van der Waals surface area contributed by atoms with Crippen LogP contribution in [0.1, 0.15) is 11.4 Å². The largest absolute Gasteiger partial charge is 0.509 e. The molecule has 4 rings (SSSR count). The van der Waals surface area contributed by atoms with E-state index in [-0.39, 0.29) is 23.7 Å². The van der Waals surface area contributed by atoms with Crippen molar-refractivity contribution in [2.24, 2.45) is 7.05 Å². The highest BCUT2D eigenvalue weighted by atomic mass is 19.2. The zero-order valence-electron chi connectivity index (χ0n) is 14.2. The Morgan fingerprint density at radius 1 is 1.12 bits per heavy atom. The molecule has 0 unspecified atom stereocenters. The van der Waals surface area contributed by atoms with E-state index < -0.39 is 11.6 Å². The number of aryl methyl sites for hydroxylation is 2. The number of aliphatic hydroxyl groups excluding tert-OH is 1. The number of benzene rings is 2. The summed E-state index contributed by atoms with van der Waals surface area (Å²) in [6, 6.07) is 9.23. The SMILES string of the molecule is Cc1ccc2c(c1)nc(C1=C(O)CN(c3ccc(F)c(F)c3)C1=N)n2C. The Balaban J connectivity index is 1.78. The Labute approximate surface area is 148 Å². The van der Waals surface area contributed by atoms with Crippen LogP contribution in [0.25, 0.3) is 16.6 Å². The number of rotatable bonds is 2. The number of hydrogen-bond acceptors (Lipinski definition) is 3. The number of imidazole rings is 1. The van der Waals surface area contributed by atoms with Crippen LogP contribution in [0.15, 0.2) is 42.2 Å². The predicted molar refractivity (Wildman–Crippen MR) is 96.4 cm³/mol. The first-order chi connectivity index (χ1) is 12.4. The summed E-state index contributed by atoms with van der Waals surface area (Å²) in [6.45, 7) is 1.97. The van der Waals surface area contributed by atoms with Gasteiger partial charge in [0.2, 0.25) is 0 Å². The van der Waals surface area contributed by atoms with Crippen molar-refractivity contribution in [2.45, 2.75) is 6.92 Å². The van der Waals surface area contributed by atoms with Crippen molar-refractivity contribution in [3.8, 4) is 0 Å². The molecule has 0 spiro atoms. The maximum atomic E-state index is 13.6. The van der Waals surface area contributed by atoms with Crippen LogP contribution < -0.4 is 4.90 Å². The third kappa shape index (κ3) is 2.35. The molecule has 2 N–H and O–H groups in total. The summed E-state index contributed by atoms with van der Waals surface area (Å²) in [5.74, 6) is -1.54. The molecule has 7 heteroatoms. The van der Waals surface area contributed by atoms with Crippen LogP contribution >= 0.6 is 0 Å². The van der Waals surface area contributed by atoms with E-state index in [1.54, 1.807) is 0 Å². The van der Waals surface area contributed by atoms with Gasteiger partial charge in [-0.15, -0.1) is 0 Å². The van der Waals surface area contributed by atoms with Crippen LogP contribution in [-0.4, -0.2) is 27.0 Å². The second-order valence-electron chi connectivity index (χ2n) is 6.34. The number of aliphatic hydroxyl groups is 1. The Bertz CT molecular complexity index is 1100. The lowest BCUT2D eigenvalue weighted by molar-refractivity contribution is 0.411. The molecule has 5 nitrogen and oxygen atoms in total. The minimum atomic E-state index is -0.999. The van der Waals surface area contributed by atoms with E-state index in [1.807, 2.05) is 36.7 Å². The van der Waals surface area contributed by atoms with Crippen molar-refractivity contribution in [3.63, 3.8) is 0 Å². The molecule has 1 aliphatic heterocycles. The van der Waals surface area contributed by atoms with E-state index in [2.05, 4.69) is 4.98 Å². The molecule has 2 heterocycles. The van der Waals surface area contributed by atoms with E-state index in [0.29, 0.717) is 11.5 Å². The fourth-order valence-electron chi connectivity index (χ4n) is 3.22. The number of halogens is 2. The lowest BCUT2D eigenvalue weighted by Gasteiger charge is -2.19. The Hall–Kier alpha value is -3.22. The second-order valence-corrected chi connectivity index (χ2v) is 6.34. The summed E-state index contributed by atoms with van der Waals surface area (Å²) in [7, 11) is 1.81. The van der Waals surface area contributed by atoms with Crippen LogP contribution in [0.2, 0.25) is 0 Å². The molecule has 0 bridgehead atoms. The van der Waals surface area contributed by atoms with Crippen molar-refractivity contribution in [3.05, 3.63) is 65.2 Å². The highest BCUT2D eigenvalue weighted by Gasteiger charge is 2.32. The van der Waals surface area contributed by atoms with Crippen LogP contribution in [0.3, 0.4) is 0 Å². The van der Waals surface area contributed by atoms with Crippen molar-refractivity contribution < 1.29 is 13.9 Å². The monoisotopic (exact) mass is 354 g/mol. The van der Waals surface area contributed by atoms with Crippen molar-refractivity contribution in [1.29, 1.82) is 5.41 Å². The minimum absolute atomic E-state index is 0.00146. The maximum Gasteiger partial charge on any atom is 0.160 e. The van der Waals surface area contributed by atoms with Gasteiger partial charge in [-0.1, -0.05) is 6.07 Å². The molecule has 0 radical (unpaired) electrons. The third-order valence-corrected chi connectivity index (χ3v) is 4.58. The van der Waals surface area contributed by atoms with Gasteiger partial charge < -0.3 is 14.6 Å². The third-order valence-electron chi connectivity index (χ3n) is 4.58. The molecule has 0 atom stereocenters. The average Bonchev–Trinajstić information content (AvgIpc) is 3.06. The van der Waals surface area contributed by atoms with E-state index >= 15 is 0 Å². The highest BCUT2D eigenvalue weighted by Crippen LogP contribution is 2.32. The molecular formula is C19H16F2N4O. The van der Waals surface area contributed by atoms with Gasteiger partial charge in [-0.25, -0.2) is 13.8 Å². The van der Waals surface area contributed by atoms with Gasteiger partial charge >= 0.3 is 0 Å². The van der Waals surface area contributed by atoms with Crippen LogP contribution in [-0.2, 0) is 7.05 Å². The zero-order valence-corrected chi connectivity index (χ0v) is 14.2. The van der Waals surface area contributed by atoms with Gasteiger partial charge in [0.25, 0.3) is 0 Å². The molecule has 26 heavy (non-hydrogen) atoms. The molecule has 0 fully saturated rings. The normalized spacial score (nSPS) is 14.8. The standard InChI is InChI=1S/C19H16F2N4O/c1-10-3-6-15-14(7-10)23-19(24(15)2)17-16(26)9-25(18(17)22)11-4-5-12(20)13(21)8-11/h3-8,22,26H,9H2,1-2H3. The highest BCUT2D eigenvalue weighted by molar-refractivity contribution is 6.30. The summed E-state index contributed by atoms with van der Waals surface area (Å²) in [6.07, 6.45) is 0. The summed E-state index contributed by atoms with van der Waals surface area (Å²) >= 11 is 0. The number of fused-ring (bicyclic) bond motifs is 1. The van der Waals surface area contributed by atoms with E-state index in [4.69, 9.17) is 5.41 Å². The van der Waals surface area contributed by atoms with E-state index in [0.717, 1.165) is 28.7 Å². The van der Waals surface area contributed by atoms with Crippen LogP contribution in [0.5, 0.6) is 0 Å². The number of nitrogens with one attached hydrogen (secondary N) is 1. The van der Waals surface area contributed by atoms with Crippen LogP contribution in [0, 0.1) is 24.0 Å². The summed E-state index contributed by atoms with van der Waals surface area (Å²) in [4.78, 5) is 5.97. The van der Waals surface area contributed by atoms with Crippen molar-refractivity contribution in [2.75, 3.05) is 11.4 Å². The molecule has 0 aliphatic carbocycles. The Morgan fingerprint density at radius 2 is 1.88 bits per heavy atom. The van der Waals surface area contributed by atoms with E-state index in [1.165, 1.54) is 11.0 Å². The first-order valence-corrected chi connectivity index (χ1v) is 8.04. The lowest BCUT2D eigenvalue weighted by Crippen LogP contribution is -2.26. The van der Waals surface area contributed by atoms with Gasteiger partial charge in [0.1, 0.15) is 17.4 Å². The Kier molecular flexibility index (Phi) is 3.54. The molecule has 1 aliphatic rings. The molecular weight excluding hydrogens is 338 g/mol. The molecule has 0 saturated carbocycles. The van der Waals surface area contributed by atoms with Crippen LogP contribution in [0.4, 0.5) is 14.5 Å². The van der Waals surface area contributed by atoms with Crippen molar-refractivity contribution >= 4 is 28.1 Å². The zero-order chi connectivity index (χ0) is 18.6. The van der Waals surface area contributed by atoms with E-state index in [9.17, 15) is 13.9 Å². The molecule has 2 aromatic carbocycles. The molecule has 3 aromatic rings.